The van der Waals surface area contributed by atoms with Crippen LogP contribution in [-0.4, -0.2) is 11.7 Å². The van der Waals surface area contributed by atoms with E-state index in [0.717, 1.165) is 25.7 Å². The summed E-state index contributed by atoms with van der Waals surface area (Å²) in [5.41, 5.74) is -0.505. The molecule has 0 saturated carbocycles. The van der Waals surface area contributed by atoms with Crippen molar-refractivity contribution in [2.24, 2.45) is 0 Å². The molecule has 0 bridgehead atoms. The molecule has 80 valence electrons. The molecule has 2 atom stereocenters. The predicted molar refractivity (Wildman–Crippen MR) is 56.9 cm³/mol. The van der Waals surface area contributed by atoms with Gasteiger partial charge in [-0.1, -0.05) is 26.2 Å². The average Bonchev–Trinajstić information content (AvgIpc) is 2.19. The molecule has 1 heterocycles. The maximum Gasteiger partial charge on any atom is 0.151 e. The van der Waals surface area contributed by atoms with E-state index in [2.05, 4.69) is 13.0 Å². The molecule has 2 heteroatoms. The summed E-state index contributed by atoms with van der Waals surface area (Å²) in [6.07, 6.45) is 8.41. The van der Waals surface area contributed by atoms with Gasteiger partial charge in [0.15, 0.2) is 5.60 Å². The normalized spacial score (nSPS) is 32.5. The summed E-state index contributed by atoms with van der Waals surface area (Å²) in [4.78, 5) is 0. The van der Waals surface area contributed by atoms with Crippen molar-refractivity contribution < 1.29 is 4.74 Å². The van der Waals surface area contributed by atoms with Gasteiger partial charge < -0.3 is 4.74 Å². The molecule has 0 amide bonds. The number of ether oxygens (including phenoxy) is 1. The first kappa shape index (κ1) is 11.5. The summed E-state index contributed by atoms with van der Waals surface area (Å²) < 4.78 is 5.81. The van der Waals surface area contributed by atoms with Gasteiger partial charge in [0, 0.05) is 0 Å². The number of hydrogen-bond donors (Lipinski definition) is 0. The molecule has 1 saturated heterocycles. The summed E-state index contributed by atoms with van der Waals surface area (Å²) in [6, 6.07) is 2.28. The lowest BCUT2D eigenvalue weighted by molar-refractivity contribution is -0.0869. The van der Waals surface area contributed by atoms with E-state index in [4.69, 9.17) is 10.00 Å². The van der Waals surface area contributed by atoms with Crippen molar-refractivity contribution in [1.29, 1.82) is 5.26 Å². The van der Waals surface area contributed by atoms with Gasteiger partial charge in [-0.05, 0) is 32.6 Å². The van der Waals surface area contributed by atoms with Crippen molar-refractivity contribution >= 4 is 0 Å². The Morgan fingerprint density at radius 1 is 1.50 bits per heavy atom. The first-order chi connectivity index (χ1) is 6.70. The van der Waals surface area contributed by atoms with Gasteiger partial charge in [0.05, 0.1) is 12.2 Å². The van der Waals surface area contributed by atoms with Gasteiger partial charge in [-0.15, -0.1) is 0 Å². The molecular weight excluding hydrogens is 174 g/mol. The van der Waals surface area contributed by atoms with Crippen LogP contribution in [-0.2, 0) is 4.74 Å². The van der Waals surface area contributed by atoms with E-state index >= 15 is 0 Å². The second-order valence-corrected chi connectivity index (χ2v) is 4.47. The monoisotopic (exact) mass is 195 g/mol. The summed E-state index contributed by atoms with van der Waals surface area (Å²) >= 11 is 0. The molecular formula is C12H21NO. The van der Waals surface area contributed by atoms with Crippen LogP contribution in [0.15, 0.2) is 0 Å². The Balaban J connectivity index is 2.30. The fourth-order valence-electron chi connectivity index (χ4n) is 2.06. The maximum absolute atomic E-state index is 8.96. The van der Waals surface area contributed by atoms with E-state index in [1.807, 2.05) is 6.92 Å². The molecule has 0 aromatic carbocycles. The van der Waals surface area contributed by atoms with Gasteiger partial charge >= 0.3 is 0 Å². The second kappa shape index (κ2) is 5.36. The van der Waals surface area contributed by atoms with Crippen LogP contribution in [0.3, 0.4) is 0 Å². The standard InChI is InChI=1S/C12H21NO/c1-3-4-5-7-11-8-6-9-12(2,10-13)14-11/h11H,3-9H2,1-2H3/t11-,12+/m1/s1. The molecule has 0 aromatic rings. The lowest BCUT2D eigenvalue weighted by atomic mass is 9.92. The summed E-state index contributed by atoms with van der Waals surface area (Å²) in [7, 11) is 0. The predicted octanol–water partition coefficient (Wildman–Crippen LogP) is 3.42. The van der Waals surface area contributed by atoms with Crippen LogP contribution in [0, 0.1) is 11.3 Å². The minimum Gasteiger partial charge on any atom is -0.357 e. The second-order valence-electron chi connectivity index (χ2n) is 4.47. The minimum atomic E-state index is -0.505. The first-order valence-corrected chi connectivity index (χ1v) is 5.79. The number of hydrogen-bond acceptors (Lipinski definition) is 2. The molecule has 1 rings (SSSR count). The van der Waals surface area contributed by atoms with Gasteiger partial charge in [0.1, 0.15) is 0 Å². The van der Waals surface area contributed by atoms with Gasteiger partial charge in [0.2, 0.25) is 0 Å². The van der Waals surface area contributed by atoms with E-state index in [9.17, 15) is 0 Å². The summed E-state index contributed by atoms with van der Waals surface area (Å²) in [5.74, 6) is 0. The fourth-order valence-corrected chi connectivity index (χ4v) is 2.06. The highest BCUT2D eigenvalue weighted by molar-refractivity contribution is 5.00. The van der Waals surface area contributed by atoms with E-state index in [0.29, 0.717) is 6.10 Å². The van der Waals surface area contributed by atoms with Crippen LogP contribution in [0.5, 0.6) is 0 Å². The molecule has 0 spiro atoms. The quantitative estimate of drug-likeness (QED) is 0.644. The number of rotatable bonds is 4. The molecule has 1 fully saturated rings. The molecule has 1 aliphatic heterocycles. The third-order valence-electron chi connectivity index (χ3n) is 2.97. The van der Waals surface area contributed by atoms with Crippen LogP contribution in [0.25, 0.3) is 0 Å². The largest absolute Gasteiger partial charge is 0.357 e. The van der Waals surface area contributed by atoms with E-state index < -0.39 is 5.60 Å². The first-order valence-electron chi connectivity index (χ1n) is 5.79. The Labute approximate surface area is 87.3 Å². The average molecular weight is 195 g/mol. The topological polar surface area (TPSA) is 33.0 Å². The molecule has 0 N–H and O–H groups in total. The Morgan fingerprint density at radius 2 is 2.29 bits per heavy atom. The Morgan fingerprint density at radius 3 is 2.93 bits per heavy atom. The Bertz CT molecular complexity index is 209. The van der Waals surface area contributed by atoms with Crippen molar-refractivity contribution in [3.63, 3.8) is 0 Å². The van der Waals surface area contributed by atoms with Gasteiger partial charge in [-0.2, -0.15) is 5.26 Å². The van der Waals surface area contributed by atoms with Crippen molar-refractivity contribution in [3.05, 3.63) is 0 Å². The van der Waals surface area contributed by atoms with Gasteiger partial charge in [-0.3, -0.25) is 0 Å². The fraction of sp³-hybridized carbons (Fsp3) is 0.917. The van der Waals surface area contributed by atoms with Crippen molar-refractivity contribution in [1.82, 2.24) is 0 Å². The zero-order chi connectivity index (χ0) is 10.4. The SMILES string of the molecule is CCCCC[C@@H]1CCC[C@@](C)(C#N)O1. The minimum absolute atomic E-state index is 0.333. The number of nitriles is 1. The maximum atomic E-state index is 8.96. The zero-order valence-corrected chi connectivity index (χ0v) is 9.38. The lowest BCUT2D eigenvalue weighted by Gasteiger charge is -2.33. The Kier molecular flexibility index (Phi) is 4.41. The highest BCUT2D eigenvalue weighted by Gasteiger charge is 2.32. The van der Waals surface area contributed by atoms with Gasteiger partial charge in [0.25, 0.3) is 0 Å². The molecule has 1 aliphatic rings. The molecule has 0 aromatic heterocycles. The van der Waals surface area contributed by atoms with E-state index in [1.165, 1.54) is 19.3 Å². The van der Waals surface area contributed by atoms with Crippen LogP contribution in [0.1, 0.15) is 58.8 Å². The van der Waals surface area contributed by atoms with Crippen LogP contribution in [0.4, 0.5) is 0 Å². The molecule has 2 nitrogen and oxygen atoms in total. The number of unbranched alkanes of at least 4 members (excludes halogenated alkanes) is 2. The van der Waals surface area contributed by atoms with Crippen molar-refractivity contribution in [2.75, 3.05) is 0 Å². The lowest BCUT2D eigenvalue weighted by Crippen LogP contribution is -2.36. The molecule has 0 aliphatic carbocycles. The van der Waals surface area contributed by atoms with E-state index in [1.54, 1.807) is 0 Å². The van der Waals surface area contributed by atoms with Crippen molar-refractivity contribution in [2.45, 2.75) is 70.5 Å². The van der Waals surface area contributed by atoms with E-state index in [-0.39, 0.29) is 0 Å². The smallest absolute Gasteiger partial charge is 0.151 e. The third kappa shape index (κ3) is 3.31. The zero-order valence-electron chi connectivity index (χ0n) is 9.38. The van der Waals surface area contributed by atoms with Crippen molar-refractivity contribution in [3.8, 4) is 6.07 Å². The molecule has 0 unspecified atom stereocenters. The Hall–Kier alpha value is -0.550. The highest BCUT2D eigenvalue weighted by atomic mass is 16.5. The molecule has 14 heavy (non-hydrogen) atoms. The third-order valence-corrected chi connectivity index (χ3v) is 2.97. The number of nitrogens with zero attached hydrogens (tertiary/aromatic N) is 1. The molecule has 0 radical (unpaired) electrons. The van der Waals surface area contributed by atoms with Crippen LogP contribution in [0.2, 0.25) is 0 Å². The van der Waals surface area contributed by atoms with Crippen LogP contribution >= 0.6 is 0 Å². The van der Waals surface area contributed by atoms with Crippen LogP contribution < -0.4 is 0 Å². The summed E-state index contributed by atoms with van der Waals surface area (Å²) in [5, 5.41) is 8.96. The highest BCUT2D eigenvalue weighted by Crippen LogP contribution is 2.30. The van der Waals surface area contributed by atoms with Gasteiger partial charge in [-0.25, -0.2) is 0 Å². The summed E-state index contributed by atoms with van der Waals surface area (Å²) in [6.45, 7) is 4.13.